The minimum atomic E-state index is -4.04. The number of nitrogens with zero attached hydrogens (tertiary/aromatic N) is 3. The van der Waals surface area contributed by atoms with Gasteiger partial charge in [-0.25, -0.2) is 8.42 Å². The van der Waals surface area contributed by atoms with Crippen LogP contribution in [-0.2, 0) is 14.8 Å². The van der Waals surface area contributed by atoms with E-state index in [9.17, 15) is 23.3 Å². The summed E-state index contributed by atoms with van der Waals surface area (Å²) in [4.78, 5) is 26.6. The second kappa shape index (κ2) is 8.54. The van der Waals surface area contributed by atoms with Crippen molar-refractivity contribution in [3.63, 3.8) is 0 Å². The quantitative estimate of drug-likeness (QED) is 0.539. The van der Waals surface area contributed by atoms with Gasteiger partial charge in [0.25, 0.3) is 15.7 Å². The highest BCUT2D eigenvalue weighted by Crippen LogP contribution is 2.36. The lowest BCUT2D eigenvalue weighted by Gasteiger charge is -2.27. The summed E-state index contributed by atoms with van der Waals surface area (Å²) in [6.07, 6.45) is 1.30. The number of hydrogen-bond acceptors (Lipinski definition) is 6. The van der Waals surface area contributed by atoms with Crippen molar-refractivity contribution in [2.75, 3.05) is 30.3 Å². The fourth-order valence-corrected chi connectivity index (χ4v) is 4.95. The maximum atomic E-state index is 12.9. The van der Waals surface area contributed by atoms with Crippen LogP contribution in [0.2, 0.25) is 0 Å². The van der Waals surface area contributed by atoms with Crippen LogP contribution in [0.25, 0.3) is 0 Å². The zero-order valence-corrected chi connectivity index (χ0v) is 18.8. The monoisotopic (exact) mass is 446 g/mol. The highest BCUT2D eigenvalue weighted by molar-refractivity contribution is 7.92. The number of benzene rings is 2. The third-order valence-electron chi connectivity index (χ3n) is 5.37. The largest absolute Gasteiger partial charge is 0.354 e. The Morgan fingerprint density at radius 1 is 1.19 bits per heavy atom. The van der Waals surface area contributed by atoms with Crippen LogP contribution in [0.4, 0.5) is 17.1 Å². The molecule has 0 bridgehead atoms. The molecule has 3 rings (SSSR count). The first-order chi connectivity index (χ1) is 14.5. The Labute approximate surface area is 181 Å². The molecule has 1 saturated heterocycles. The predicted molar refractivity (Wildman–Crippen MR) is 119 cm³/mol. The van der Waals surface area contributed by atoms with Crippen LogP contribution in [0.5, 0.6) is 0 Å². The number of sulfonamides is 1. The minimum Gasteiger partial charge on any atom is -0.354 e. The molecule has 2 aromatic carbocycles. The molecule has 2 aromatic rings. The van der Waals surface area contributed by atoms with E-state index in [-0.39, 0.29) is 22.2 Å². The summed E-state index contributed by atoms with van der Waals surface area (Å²) in [5.74, 6) is -0.139. The number of nitrogens with one attached hydrogen (secondary N) is 1. The standard InChI is InChI=1S/C21H26N4O5S/c1-14-7-9-17(15(2)12-14)22-31(29,30)16-8-10-18(20(13-16)25(27)28)24-11-5-6-19(24)21(26)23(3)4/h7-10,12-13,19,22H,5-6,11H2,1-4H3/t19-/m1/s1. The molecule has 1 aliphatic rings. The predicted octanol–water partition coefficient (Wildman–Crippen LogP) is 3.07. The van der Waals surface area contributed by atoms with Crippen molar-refractivity contribution in [1.29, 1.82) is 0 Å². The number of carbonyl (C=O) groups is 1. The van der Waals surface area contributed by atoms with Gasteiger partial charge in [0.15, 0.2) is 0 Å². The fourth-order valence-electron chi connectivity index (χ4n) is 3.80. The Bertz CT molecular complexity index is 1130. The van der Waals surface area contributed by atoms with Crippen molar-refractivity contribution in [3.8, 4) is 0 Å². The third-order valence-corrected chi connectivity index (χ3v) is 6.73. The van der Waals surface area contributed by atoms with Crippen molar-refractivity contribution < 1.29 is 18.1 Å². The molecule has 1 amide bonds. The Kier molecular flexibility index (Phi) is 6.21. The molecule has 10 heteroatoms. The molecule has 0 unspecified atom stereocenters. The Hall–Kier alpha value is -3.14. The molecule has 1 N–H and O–H groups in total. The molecule has 0 spiro atoms. The van der Waals surface area contributed by atoms with Gasteiger partial charge < -0.3 is 9.80 Å². The SMILES string of the molecule is Cc1ccc(NS(=O)(=O)c2ccc(N3CCC[C@@H]3C(=O)N(C)C)c([N+](=O)[O-])c2)c(C)c1. The molecule has 31 heavy (non-hydrogen) atoms. The molecule has 1 fully saturated rings. The van der Waals surface area contributed by atoms with E-state index in [1.807, 2.05) is 13.0 Å². The van der Waals surface area contributed by atoms with Gasteiger partial charge in [0.1, 0.15) is 11.7 Å². The number of nitro groups is 1. The van der Waals surface area contributed by atoms with Gasteiger partial charge >= 0.3 is 0 Å². The summed E-state index contributed by atoms with van der Waals surface area (Å²) < 4.78 is 28.3. The molecular formula is C21H26N4O5S. The van der Waals surface area contributed by atoms with Gasteiger partial charge in [0, 0.05) is 26.7 Å². The first-order valence-corrected chi connectivity index (χ1v) is 11.4. The number of carbonyl (C=O) groups excluding carboxylic acids is 1. The summed E-state index contributed by atoms with van der Waals surface area (Å²) in [5.41, 5.74) is 2.05. The lowest BCUT2D eigenvalue weighted by Crippen LogP contribution is -2.43. The van der Waals surface area contributed by atoms with Gasteiger partial charge in [-0.15, -0.1) is 0 Å². The number of nitro benzene ring substituents is 1. The van der Waals surface area contributed by atoms with E-state index in [4.69, 9.17) is 0 Å². The summed E-state index contributed by atoms with van der Waals surface area (Å²) in [5, 5.41) is 11.8. The van der Waals surface area contributed by atoms with Crippen LogP contribution in [0.15, 0.2) is 41.3 Å². The lowest BCUT2D eigenvalue weighted by molar-refractivity contribution is -0.384. The third kappa shape index (κ3) is 4.63. The van der Waals surface area contributed by atoms with Crippen LogP contribution < -0.4 is 9.62 Å². The maximum absolute atomic E-state index is 12.9. The first kappa shape index (κ1) is 22.5. The summed E-state index contributed by atoms with van der Waals surface area (Å²) >= 11 is 0. The Balaban J connectivity index is 1.98. The molecular weight excluding hydrogens is 420 g/mol. The van der Waals surface area contributed by atoms with E-state index in [2.05, 4.69) is 4.72 Å². The second-order valence-electron chi connectivity index (χ2n) is 7.92. The zero-order chi connectivity index (χ0) is 22.9. The van der Waals surface area contributed by atoms with E-state index in [1.165, 1.54) is 17.0 Å². The van der Waals surface area contributed by atoms with Crippen LogP contribution >= 0.6 is 0 Å². The molecule has 1 heterocycles. The number of amides is 1. The molecule has 1 atom stereocenters. The molecule has 1 aliphatic heterocycles. The van der Waals surface area contributed by atoms with Gasteiger partial charge in [-0.3, -0.25) is 19.6 Å². The molecule has 166 valence electrons. The van der Waals surface area contributed by atoms with Crippen LogP contribution in [0.3, 0.4) is 0 Å². The second-order valence-corrected chi connectivity index (χ2v) is 9.60. The number of hydrogen-bond donors (Lipinski definition) is 1. The van der Waals surface area contributed by atoms with Crippen molar-refractivity contribution in [3.05, 3.63) is 57.6 Å². The van der Waals surface area contributed by atoms with Gasteiger partial charge in [0.05, 0.1) is 15.5 Å². The lowest BCUT2D eigenvalue weighted by atomic mass is 10.1. The highest BCUT2D eigenvalue weighted by Gasteiger charge is 2.36. The summed E-state index contributed by atoms with van der Waals surface area (Å²) in [6, 6.07) is 8.58. The molecule has 0 radical (unpaired) electrons. The van der Waals surface area contributed by atoms with E-state index < -0.39 is 21.0 Å². The Morgan fingerprint density at radius 2 is 1.90 bits per heavy atom. The number of rotatable bonds is 6. The van der Waals surface area contributed by atoms with Gasteiger partial charge in [0.2, 0.25) is 5.91 Å². The summed E-state index contributed by atoms with van der Waals surface area (Å²) in [6.45, 7) is 4.17. The van der Waals surface area contributed by atoms with E-state index in [0.29, 0.717) is 18.7 Å². The van der Waals surface area contributed by atoms with Gasteiger partial charge in [-0.2, -0.15) is 0 Å². The molecule has 9 nitrogen and oxygen atoms in total. The van der Waals surface area contributed by atoms with Crippen LogP contribution in [0.1, 0.15) is 24.0 Å². The van der Waals surface area contributed by atoms with Crippen molar-refractivity contribution in [2.45, 2.75) is 37.6 Å². The number of likely N-dealkylation sites (N-methyl/N-ethyl adjacent to an activating group) is 1. The topological polar surface area (TPSA) is 113 Å². The van der Waals surface area contributed by atoms with Crippen LogP contribution in [0, 0.1) is 24.0 Å². The molecule has 0 aromatic heterocycles. The van der Waals surface area contributed by atoms with E-state index >= 15 is 0 Å². The maximum Gasteiger partial charge on any atom is 0.293 e. The summed E-state index contributed by atoms with van der Waals surface area (Å²) in [7, 11) is -0.755. The Morgan fingerprint density at radius 3 is 2.52 bits per heavy atom. The zero-order valence-electron chi connectivity index (χ0n) is 18.0. The highest BCUT2D eigenvalue weighted by atomic mass is 32.2. The van der Waals surface area contributed by atoms with Gasteiger partial charge in [-0.05, 0) is 50.5 Å². The average Bonchev–Trinajstić information content (AvgIpc) is 3.18. The number of anilines is 2. The van der Waals surface area contributed by atoms with Crippen molar-refractivity contribution in [1.82, 2.24) is 4.90 Å². The smallest absolute Gasteiger partial charge is 0.293 e. The van der Waals surface area contributed by atoms with E-state index in [1.54, 1.807) is 38.1 Å². The fraction of sp³-hybridized carbons (Fsp3) is 0.381. The number of aryl methyl sites for hydroxylation is 2. The van der Waals surface area contributed by atoms with Crippen molar-refractivity contribution in [2.24, 2.45) is 0 Å². The minimum absolute atomic E-state index is 0.139. The average molecular weight is 447 g/mol. The first-order valence-electron chi connectivity index (χ1n) is 9.87. The van der Waals surface area contributed by atoms with Gasteiger partial charge in [-0.1, -0.05) is 17.7 Å². The van der Waals surface area contributed by atoms with E-state index in [0.717, 1.165) is 23.6 Å². The normalized spacial score (nSPS) is 16.3. The molecule has 0 aliphatic carbocycles. The van der Waals surface area contributed by atoms with Crippen LogP contribution in [-0.4, -0.2) is 50.8 Å². The van der Waals surface area contributed by atoms with Crippen molar-refractivity contribution >= 4 is 33.0 Å². The molecule has 0 saturated carbocycles.